The van der Waals surface area contributed by atoms with Crippen molar-refractivity contribution in [2.75, 3.05) is 31.6 Å². The van der Waals surface area contributed by atoms with Crippen LogP contribution in [0, 0.1) is 0 Å². The minimum absolute atomic E-state index is 0.550. The van der Waals surface area contributed by atoms with Gasteiger partial charge < -0.3 is 15.5 Å². The Kier molecular flexibility index (Phi) is 5.25. The van der Waals surface area contributed by atoms with Crippen LogP contribution in [0.15, 0.2) is 28.7 Å². The van der Waals surface area contributed by atoms with Gasteiger partial charge in [-0.25, -0.2) is 0 Å². The molecule has 1 aliphatic rings. The van der Waals surface area contributed by atoms with Crippen LogP contribution in [0.3, 0.4) is 0 Å². The molecule has 0 spiro atoms. The highest BCUT2D eigenvalue weighted by Crippen LogP contribution is 2.26. The predicted octanol–water partition coefficient (Wildman–Crippen LogP) is 2.70. The Labute approximate surface area is 124 Å². The minimum atomic E-state index is 0.550. The van der Waals surface area contributed by atoms with Crippen LogP contribution in [-0.4, -0.2) is 43.7 Å². The Balaban J connectivity index is 2.21. The van der Waals surface area contributed by atoms with Gasteiger partial charge in [-0.15, -0.1) is 0 Å². The van der Waals surface area contributed by atoms with E-state index in [9.17, 15) is 0 Å². The third-order valence-corrected chi connectivity index (χ3v) is 4.60. The molecule has 0 aliphatic carbocycles. The van der Waals surface area contributed by atoms with Gasteiger partial charge in [0.25, 0.3) is 0 Å². The summed E-state index contributed by atoms with van der Waals surface area (Å²) in [6.07, 6.45) is 2.26. The van der Waals surface area contributed by atoms with Crippen LogP contribution in [-0.2, 0) is 0 Å². The largest absolute Gasteiger partial charge is 0.367 e. The lowest BCUT2D eigenvalue weighted by atomic mass is 10.1. The molecule has 2 rings (SSSR count). The molecular formula is C15H24BrN3. The summed E-state index contributed by atoms with van der Waals surface area (Å²) in [6, 6.07) is 9.72. The van der Waals surface area contributed by atoms with Crippen molar-refractivity contribution in [2.24, 2.45) is 5.73 Å². The summed E-state index contributed by atoms with van der Waals surface area (Å²) in [5.41, 5.74) is 7.07. The maximum Gasteiger partial charge on any atom is 0.0380 e. The number of rotatable bonds is 3. The molecular weight excluding hydrogens is 302 g/mol. The number of nitrogens with zero attached hydrogens (tertiary/aromatic N) is 2. The molecule has 0 saturated carbocycles. The molecule has 0 aromatic heterocycles. The van der Waals surface area contributed by atoms with Crippen molar-refractivity contribution >= 4 is 21.6 Å². The molecule has 2 N–H and O–H groups in total. The second-order valence-corrected chi connectivity index (χ2v) is 6.40. The number of anilines is 1. The molecule has 1 aromatic rings. The second kappa shape index (κ2) is 6.73. The van der Waals surface area contributed by atoms with E-state index in [1.165, 1.54) is 12.1 Å². The van der Waals surface area contributed by atoms with Crippen LogP contribution in [0.2, 0.25) is 0 Å². The number of hydrogen-bond donors (Lipinski definition) is 1. The molecule has 0 radical (unpaired) electrons. The van der Waals surface area contributed by atoms with Crippen LogP contribution in [0.25, 0.3) is 0 Å². The zero-order valence-electron chi connectivity index (χ0n) is 11.8. The Morgan fingerprint density at radius 3 is 2.89 bits per heavy atom. The van der Waals surface area contributed by atoms with Gasteiger partial charge >= 0.3 is 0 Å². The van der Waals surface area contributed by atoms with Crippen LogP contribution in [0.4, 0.5) is 5.69 Å². The lowest BCUT2D eigenvalue weighted by molar-refractivity contribution is 0.250. The first-order valence-corrected chi connectivity index (χ1v) is 7.83. The normalized spacial score (nSPS) is 25.4. The average molecular weight is 326 g/mol. The van der Waals surface area contributed by atoms with Crippen LogP contribution >= 0.6 is 15.9 Å². The summed E-state index contributed by atoms with van der Waals surface area (Å²) in [5.74, 6) is 0. The Morgan fingerprint density at radius 2 is 2.21 bits per heavy atom. The Bertz CT molecular complexity index is 410. The van der Waals surface area contributed by atoms with E-state index in [-0.39, 0.29) is 0 Å². The van der Waals surface area contributed by atoms with E-state index in [1.807, 2.05) is 0 Å². The number of likely N-dealkylation sites (N-methyl/N-ethyl adjacent to an activating group) is 1. The summed E-state index contributed by atoms with van der Waals surface area (Å²) in [4.78, 5) is 4.98. The number of nitrogens with two attached hydrogens (primary N) is 1. The van der Waals surface area contributed by atoms with Gasteiger partial charge in [0.05, 0.1) is 0 Å². The van der Waals surface area contributed by atoms with E-state index in [1.54, 1.807) is 0 Å². The molecule has 19 heavy (non-hydrogen) atoms. The van der Waals surface area contributed by atoms with E-state index in [4.69, 9.17) is 5.73 Å². The van der Waals surface area contributed by atoms with E-state index in [0.717, 1.165) is 30.5 Å². The molecule has 106 valence electrons. The van der Waals surface area contributed by atoms with Gasteiger partial charge in [-0.3, -0.25) is 0 Å². The Morgan fingerprint density at radius 1 is 1.42 bits per heavy atom. The number of halogens is 1. The minimum Gasteiger partial charge on any atom is -0.367 e. The number of benzene rings is 1. The third-order valence-electron chi connectivity index (χ3n) is 4.10. The summed E-state index contributed by atoms with van der Waals surface area (Å²) in [5, 5.41) is 0. The monoisotopic (exact) mass is 325 g/mol. The molecule has 2 atom stereocenters. The maximum atomic E-state index is 5.76. The summed E-state index contributed by atoms with van der Waals surface area (Å²) < 4.78 is 1.14. The topological polar surface area (TPSA) is 32.5 Å². The van der Waals surface area contributed by atoms with Crippen molar-refractivity contribution in [1.82, 2.24) is 4.90 Å². The average Bonchev–Trinajstić information content (AvgIpc) is 2.52. The first kappa shape index (κ1) is 14.8. The van der Waals surface area contributed by atoms with E-state index < -0.39 is 0 Å². The van der Waals surface area contributed by atoms with Crippen molar-refractivity contribution in [3.05, 3.63) is 28.7 Å². The molecule has 1 saturated heterocycles. The van der Waals surface area contributed by atoms with Gasteiger partial charge in [-0.2, -0.15) is 0 Å². The van der Waals surface area contributed by atoms with Gasteiger partial charge in [0.2, 0.25) is 0 Å². The van der Waals surface area contributed by atoms with Crippen molar-refractivity contribution in [3.8, 4) is 0 Å². The highest BCUT2D eigenvalue weighted by molar-refractivity contribution is 9.10. The van der Waals surface area contributed by atoms with E-state index in [0.29, 0.717) is 12.1 Å². The molecule has 0 bridgehead atoms. The van der Waals surface area contributed by atoms with Gasteiger partial charge in [-0.05, 0) is 51.6 Å². The van der Waals surface area contributed by atoms with Gasteiger partial charge in [0, 0.05) is 35.3 Å². The van der Waals surface area contributed by atoms with E-state index in [2.05, 4.69) is 64.0 Å². The van der Waals surface area contributed by atoms with Crippen LogP contribution in [0.5, 0.6) is 0 Å². The zero-order valence-corrected chi connectivity index (χ0v) is 13.4. The fourth-order valence-corrected chi connectivity index (χ4v) is 3.18. The molecule has 3 nitrogen and oxygen atoms in total. The fraction of sp³-hybridized carbons (Fsp3) is 0.600. The van der Waals surface area contributed by atoms with Crippen LogP contribution < -0.4 is 10.6 Å². The molecule has 1 aromatic carbocycles. The Hall–Kier alpha value is -0.580. The van der Waals surface area contributed by atoms with Crippen molar-refractivity contribution in [3.63, 3.8) is 0 Å². The number of hydrogen-bond acceptors (Lipinski definition) is 3. The lowest BCUT2D eigenvalue weighted by Gasteiger charge is -2.33. The quantitative estimate of drug-likeness (QED) is 0.927. The van der Waals surface area contributed by atoms with Crippen molar-refractivity contribution < 1.29 is 0 Å². The van der Waals surface area contributed by atoms with Crippen molar-refractivity contribution in [2.45, 2.75) is 31.8 Å². The van der Waals surface area contributed by atoms with Gasteiger partial charge in [0.1, 0.15) is 0 Å². The zero-order chi connectivity index (χ0) is 13.8. The van der Waals surface area contributed by atoms with Crippen LogP contribution in [0.1, 0.15) is 19.8 Å². The third kappa shape index (κ3) is 3.71. The SMILES string of the molecule is CC1CCN(C)C(CCN)CN1c1cccc(Br)c1. The molecule has 1 aliphatic heterocycles. The first-order chi connectivity index (χ1) is 9.11. The first-order valence-electron chi connectivity index (χ1n) is 7.04. The standard InChI is InChI=1S/C15H24BrN3/c1-12-7-9-18(2)15(6-8-17)11-19(12)14-5-3-4-13(16)10-14/h3-5,10,12,15H,6-9,11,17H2,1-2H3. The summed E-state index contributed by atoms with van der Waals surface area (Å²) in [7, 11) is 2.22. The summed E-state index contributed by atoms with van der Waals surface area (Å²) >= 11 is 3.57. The maximum absolute atomic E-state index is 5.76. The molecule has 0 amide bonds. The molecule has 1 fully saturated rings. The van der Waals surface area contributed by atoms with E-state index >= 15 is 0 Å². The highest BCUT2D eigenvalue weighted by atomic mass is 79.9. The molecule has 1 heterocycles. The van der Waals surface area contributed by atoms with Gasteiger partial charge in [0.15, 0.2) is 0 Å². The van der Waals surface area contributed by atoms with Gasteiger partial charge in [-0.1, -0.05) is 22.0 Å². The van der Waals surface area contributed by atoms with Crippen molar-refractivity contribution in [1.29, 1.82) is 0 Å². The second-order valence-electron chi connectivity index (χ2n) is 5.48. The molecule has 4 heteroatoms. The summed E-state index contributed by atoms with van der Waals surface area (Å²) in [6.45, 7) is 5.29. The lowest BCUT2D eigenvalue weighted by Crippen LogP contribution is -2.42. The fourth-order valence-electron chi connectivity index (χ4n) is 2.79. The smallest absolute Gasteiger partial charge is 0.0380 e. The molecule has 2 unspecified atom stereocenters. The highest BCUT2D eigenvalue weighted by Gasteiger charge is 2.26. The predicted molar refractivity (Wildman–Crippen MR) is 85.7 cm³/mol.